The van der Waals surface area contributed by atoms with Crippen molar-refractivity contribution in [2.45, 2.75) is 6.54 Å². The smallest absolute Gasteiger partial charge is 0.365 e. The van der Waals surface area contributed by atoms with Crippen LogP contribution in [-0.2, 0) is 6.54 Å². The summed E-state index contributed by atoms with van der Waals surface area (Å²) in [5, 5.41) is 10.5. The van der Waals surface area contributed by atoms with Crippen LogP contribution < -0.4 is 11.2 Å². The van der Waals surface area contributed by atoms with Gasteiger partial charge in [-0.05, 0) is 17.7 Å². The van der Waals surface area contributed by atoms with Crippen LogP contribution in [0.15, 0.2) is 68.6 Å². The lowest BCUT2D eigenvalue weighted by Crippen LogP contribution is -2.38. The van der Waals surface area contributed by atoms with E-state index in [0.29, 0.717) is 16.5 Å². The molecule has 0 unspecified atom stereocenters. The lowest BCUT2D eigenvalue weighted by atomic mass is 10.2. The minimum Gasteiger partial charge on any atom is -0.448 e. The van der Waals surface area contributed by atoms with Crippen LogP contribution in [0, 0.1) is 0 Å². The summed E-state index contributed by atoms with van der Waals surface area (Å²) >= 11 is 0. The second-order valence-corrected chi connectivity index (χ2v) is 5.25. The summed E-state index contributed by atoms with van der Waals surface area (Å²) in [7, 11) is 0. The van der Waals surface area contributed by atoms with Crippen LogP contribution in [0.5, 0.6) is 0 Å². The molecule has 0 bridgehead atoms. The van der Waals surface area contributed by atoms with Crippen LogP contribution >= 0.6 is 0 Å². The topological polar surface area (TPSA) is 77.4 Å². The maximum Gasteiger partial charge on any atom is 0.365 e. The van der Waals surface area contributed by atoms with Gasteiger partial charge in [-0.15, -0.1) is 0 Å². The summed E-state index contributed by atoms with van der Waals surface area (Å²) < 4.78 is 6.98. The number of nitrogens with zero attached hydrogens (tertiary/aromatic N) is 2. The molecular weight excluding hydrogens is 296 g/mol. The van der Waals surface area contributed by atoms with E-state index >= 15 is 0 Å². The van der Waals surface area contributed by atoms with Gasteiger partial charge in [-0.3, -0.25) is 9.36 Å². The summed E-state index contributed by atoms with van der Waals surface area (Å²) in [4.78, 5) is 24.5. The highest BCUT2D eigenvalue weighted by Gasteiger charge is 2.19. The summed E-state index contributed by atoms with van der Waals surface area (Å²) in [6.07, 6.45) is 0. The molecule has 4 rings (SSSR count). The van der Waals surface area contributed by atoms with Crippen molar-refractivity contribution in [2.24, 2.45) is 0 Å². The molecule has 0 saturated heterocycles. The maximum absolute atomic E-state index is 12.4. The molecule has 6 heteroatoms. The summed E-state index contributed by atoms with van der Waals surface area (Å²) in [5.74, 6) is 0. The van der Waals surface area contributed by atoms with E-state index in [1.54, 1.807) is 24.3 Å². The molecule has 6 nitrogen and oxygen atoms in total. The predicted molar refractivity (Wildman–Crippen MR) is 85.0 cm³/mol. The van der Waals surface area contributed by atoms with Gasteiger partial charge in [-0.2, -0.15) is 0 Å². The second kappa shape index (κ2) is 4.88. The standard InChI is InChI=1S/C17H12N2O4/c20-16-15-14(12-8-4-5-9-13(12)23-15)18(17(21)19(16)22)10-11-6-2-1-3-7-11/h1-9,22H,10H2. The van der Waals surface area contributed by atoms with E-state index in [-0.39, 0.29) is 16.9 Å². The molecule has 23 heavy (non-hydrogen) atoms. The Morgan fingerprint density at radius 2 is 1.65 bits per heavy atom. The van der Waals surface area contributed by atoms with Crippen molar-refractivity contribution in [1.82, 2.24) is 9.30 Å². The van der Waals surface area contributed by atoms with E-state index < -0.39 is 11.2 Å². The Labute approximate surface area is 129 Å². The van der Waals surface area contributed by atoms with Crippen molar-refractivity contribution >= 4 is 22.1 Å². The van der Waals surface area contributed by atoms with Crippen molar-refractivity contribution < 1.29 is 9.62 Å². The third-order valence-electron chi connectivity index (χ3n) is 3.82. The number of aromatic nitrogens is 2. The lowest BCUT2D eigenvalue weighted by Gasteiger charge is -2.08. The minimum atomic E-state index is -0.856. The Bertz CT molecular complexity index is 1140. The molecule has 4 aromatic rings. The fourth-order valence-corrected chi connectivity index (χ4v) is 2.75. The van der Waals surface area contributed by atoms with Gasteiger partial charge in [0.1, 0.15) is 11.1 Å². The molecule has 0 spiro atoms. The molecule has 2 aromatic carbocycles. The number of fused-ring (bicyclic) bond motifs is 3. The van der Waals surface area contributed by atoms with Gasteiger partial charge in [0.05, 0.1) is 6.54 Å². The number of furan rings is 1. The van der Waals surface area contributed by atoms with Gasteiger partial charge in [0, 0.05) is 5.39 Å². The maximum atomic E-state index is 12.4. The first-order valence-electron chi connectivity index (χ1n) is 7.07. The summed E-state index contributed by atoms with van der Waals surface area (Å²) in [6, 6.07) is 16.4. The van der Waals surface area contributed by atoms with Crippen molar-refractivity contribution in [3.8, 4) is 0 Å². The van der Waals surface area contributed by atoms with Gasteiger partial charge in [-0.25, -0.2) is 4.79 Å². The van der Waals surface area contributed by atoms with E-state index in [2.05, 4.69) is 0 Å². The van der Waals surface area contributed by atoms with Crippen LogP contribution in [0.1, 0.15) is 5.56 Å². The average molecular weight is 308 g/mol. The van der Waals surface area contributed by atoms with E-state index in [1.807, 2.05) is 30.3 Å². The van der Waals surface area contributed by atoms with Crippen molar-refractivity contribution in [3.63, 3.8) is 0 Å². The normalized spacial score (nSPS) is 11.3. The fourth-order valence-electron chi connectivity index (χ4n) is 2.75. The minimum absolute atomic E-state index is 0.0377. The molecule has 1 N–H and O–H groups in total. The van der Waals surface area contributed by atoms with Crippen LogP contribution in [-0.4, -0.2) is 14.5 Å². The zero-order valence-corrected chi connectivity index (χ0v) is 12.0. The van der Waals surface area contributed by atoms with Crippen molar-refractivity contribution in [2.75, 3.05) is 0 Å². The highest BCUT2D eigenvalue weighted by atomic mass is 16.5. The molecule has 2 aromatic heterocycles. The van der Waals surface area contributed by atoms with Gasteiger partial charge in [0.15, 0.2) is 0 Å². The Balaban J connectivity index is 2.13. The predicted octanol–water partition coefficient (Wildman–Crippen LogP) is 2.19. The lowest BCUT2D eigenvalue weighted by molar-refractivity contribution is 0.156. The molecule has 114 valence electrons. The summed E-state index contributed by atoms with van der Waals surface area (Å²) in [6.45, 7) is 0.223. The van der Waals surface area contributed by atoms with Crippen LogP contribution in [0.25, 0.3) is 22.1 Å². The monoisotopic (exact) mass is 308 g/mol. The molecule has 0 atom stereocenters. The zero-order valence-electron chi connectivity index (χ0n) is 12.0. The zero-order chi connectivity index (χ0) is 16.0. The van der Waals surface area contributed by atoms with Gasteiger partial charge in [-0.1, -0.05) is 47.2 Å². The molecule has 2 heterocycles. The fraction of sp³-hybridized carbons (Fsp3) is 0.0588. The molecule has 0 fully saturated rings. The molecule has 0 aliphatic heterocycles. The van der Waals surface area contributed by atoms with Crippen molar-refractivity contribution in [1.29, 1.82) is 0 Å². The van der Waals surface area contributed by atoms with Crippen LogP contribution in [0.3, 0.4) is 0 Å². The van der Waals surface area contributed by atoms with Crippen LogP contribution in [0.4, 0.5) is 0 Å². The van der Waals surface area contributed by atoms with E-state index in [9.17, 15) is 14.8 Å². The number of hydrogen-bond acceptors (Lipinski definition) is 4. The molecule has 0 saturated carbocycles. The van der Waals surface area contributed by atoms with Crippen LogP contribution in [0.2, 0.25) is 0 Å². The summed E-state index contributed by atoms with van der Waals surface area (Å²) in [5.41, 5.74) is 0.0734. The molecule has 0 amide bonds. The average Bonchev–Trinajstić information content (AvgIpc) is 2.97. The van der Waals surface area contributed by atoms with E-state index in [0.717, 1.165) is 5.56 Å². The molecule has 0 aliphatic carbocycles. The van der Waals surface area contributed by atoms with E-state index in [1.165, 1.54) is 4.57 Å². The number of benzene rings is 2. The SMILES string of the molecule is O=c1c2oc3ccccc3c2n(Cc2ccccc2)c(=O)n1O. The van der Waals surface area contributed by atoms with Gasteiger partial charge in [0.2, 0.25) is 5.58 Å². The van der Waals surface area contributed by atoms with Gasteiger partial charge >= 0.3 is 11.2 Å². The molecule has 0 radical (unpaired) electrons. The first kappa shape index (κ1) is 13.4. The first-order chi connectivity index (χ1) is 11.2. The van der Waals surface area contributed by atoms with Crippen molar-refractivity contribution in [3.05, 3.63) is 81.0 Å². The molecule has 0 aliphatic rings. The highest BCUT2D eigenvalue weighted by Crippen LogP contribution is 2.25. The Kier molecular flexibility index (Phi) is 2.84. The number of hydrogen-bond donors (Lipinski definition) is 1. The first-order valence-corrected chi connectivity index (χ1v) is 7.07. The second-order valence-electron chi connectivity index (χ2n) is 5.25. The number of rotatable bonds is 2. The Morgan fingerprint density at radius 3 is 2.43 bits per heavy atom. The highest BCUT2D eigenvalue weighted by molar-refractivity contribution is 6.02. The largest absolute Gasteiger partial charge is 0.448 e. The van der Waals surface area contributed by atoms with Gasteiger partial charge in [0.25, 0.3) is 0 Å². The molecular formula is C17H12N2O4. The Morgan fingerprint density at radius 1 is 0.957 bits per heavy atom. The Hall–Kier alpha value is -3.28. The quantitative estimate of drug-likeness (QED) is 0.576. The third-order valence-corrected chi connectivity index (χ3v) is 3.82. The third kappa shape index (κ3) is 1.96. The number of para-hydroxylation sites is 1. The van der Waals surface area contributed by atoms with Gasteiger partial charge < -0.3 is 9.62 Å². The van der Waals surface area contributed by atoms with E-state index in [4.69, 9.17) is 4.42 Å².